The van der Waals surface area contributed by atoms with Crippen LogP contribution in [0.15, 0.2) is 24.3 Å². The predicted octanol–water partition coefficient (Wildman–Crippen LogP) is 2.19. The summed E-state index contributed by atoms with van der Waals surface area (Å²) in [5, 5.41) is 18.0. The Labute approximate surface area is 126 Å². The zero-order valence-corrected chi connectivity index (χ0v) is 12.7. The van der Waals surface area contributed by atoms with Gasteiger partial charge >= 0.3 is 5.97 Å². The highest BCUT2D eigenvalue weighted by Gasteiger charge is 2.23. The summed E-state index contributed by atoms with van der Waals surface area (Å²) in [5.41, 5.74) is 5.21. The zero-order chi connectivity index (χ0) is 16.1. The molecule has 0 heterocycles. The number of aliphatic carboxylic acids is 1. The number of carbonyl (C=O) groups excluding carboxylic acids is 1. The molecule has 5 nitrogen and oxygen atoms in total. The number of rotatable bonds is 12. The smallest absolute Gasteiger partial charge is 0.323 e. The molecule has 0 saturated heterocycles. The van der Waals surface area contributed by atoms with Crippen molar-refractivity contribution in [1.29, 1.82) is 0 Å². The van der Waals surface area contributed by atoms with E-state index in [1.165, 1.54) is 31.8 Å². The number of hydrogen-bond acceptors (Lipinski definition) is 4. The first-order chi connectivity index (χ1) is 9.99. The molecule has 0 spiro atoms. The molecule has 120 valence electrons. The van der Waals surface area contributed by atoms with Gasteiger partial charge in [0.2, 0.25) is 0 Å². The normalized spacial score (nSPS) is 14.6. The van der Waals surface area contributed by atoms with Crippen molar-refractivity contribution in [2.45, 2.75) is 64.0 Å². The van der Waals surface area contributed by atoms with E-state index in [-0.39, 0.29) is 12.2 Å². The van der Waals surface area contributed by atoms with Crippen LogP contribution in [0.3, 0.4) is 0 Å². The SMILES string of the molecule is CCCCCCC/C=C/C=C/C(=O)CC(O)C(N)C(=O)O. The number of nitrogens with two attached hydrogens (primary N) is 1. The fourth-order valence-corrected chi connectivity index (χ4v) is 1.77. The summed E-state index contributed by atoms with van der Waals surface area (Å²) in [6.45, 7) is 2.18. The highest BCUT2D eigenvalue weighted by atomic mass is 16.4. The van der Waals surface area contributed by atoms with Gasteiger partial charge in [-0.05, 0) is 18.9 Å². The topological polar surface area (TPSA) is 101 Å². The quantitative estimate of drug-likeness (QED) is 0.291. The summed E-state index contributed by atoms with van der Waals surface area (Å²) in [5.74, 6) is -1.66. The van der Waals surface area contributed by atoms with Crippen molar-refractivity contribution in [1.82, 2.24) is 0 Å². The van der Waals surface area contributed by atoms with Crippen LogP contribution in [0.5, 0.6) is 0 Å². The van der Waals surface area contributed by atoms with E-state index in [2.05, 4.69) is 6.92 Å². The van der Waals surface area contributed by atoms with Crippen molar-refractivity contribution in [3.05, 3.63) is 24.3 Å². The van der Waals surface area contributed by atoms with Crippen LogP contribution in [0.25, 0.3) is 0 Å². The molecule has 0 aliphatic rings. The van der Waals surface area contributed by atoms with Gasteiger partial charge in [0, 0.05) is 6.42 Å². The molecule has 4 N–H and O–H groups in total. The van der Waals surface area contributed by atoms with Gasteiger partial charge in [0.25, 0.3) is 0 Å². The maximum atomic E-state index is 11.5. The number of allylic oxidation sites excluding steroid dienone is 4. The van der Waals surface area contributed by atoms with Gasteiger partial charge in [0.05, 0.1) is 6.10 Å². The van der Waals surface area contributed by atoms with E-state index in [9.17, 15) is 14.7 Å². The van der Waals surface area contributed by atoms with Crippen LogP contribution in [0.4, 0.5) is 0 Å². The van der Waals surface area contributed by atoms with Crippen LogP contribution in [0.1, 0.15) is 51.9 Å². The van der Waals surface area contributed by atoms with E-state index in [0.29, 0.717) is 0 Å². The van der Waals surface area contributed by atoms with Gasteiger partial charge in [-0.25, -0.2) is 0 Å². The molecular formula is C16H27NO4. The molecule has 0 saturated carbocycles. The Balaban J connectivity index is 3.82. The molecule has 21 heavy (non-hydrogen) atoms. The van der Waals surface area contributed by atoms with Crippen molar-refractivity contribution in [3.63, 3.8) is 0 Å². The third kappa shape index (κ3) is 10.9. The Bertz CT molecular complexity index is 363. The average molecular weight is 297 g/mol. The number of aliphatic hydroxyl groups excluding tert-OH is 1. The summed E-state index contributed by atoms with van der Waals surface area (Å²) >= 11 is 0. The highest BCUT2D eigenvalue weighted by molar-refractivity contribution is 5.90. The Morgan fingerprint density at radius 3 is 2.43 bits per heavy atom. The molecule has 0 aliphatic carbocycles. The number of carboxylic acid groups (broad SMARTS) is 1. The Morgan fingerprint density at radius 1 is 1.14 bits per heavy atom. The molecule has 0 aliphatic heterocycles. The molecule has 0 aromatic heterocycles. The third-order valence-electron chi connectivity index (χ3n) is 3.11. The second kappa shape index (κ2) is 12.3. The fourth-order valence-electron chi connectivity index (χ4n) is 1.77. The minimum atomic E-state index is -1.43. The Kier molecular flexibility index (Phi) is 11.4. The van der Waals surface area contributed by atoms with Crippen molar-refractivity contribution >= 4 is 11.8 Å². The van der Waals surface area contributed by atoms with E-state index < -0.39 is 18.1 Å². The first-order valence-corrected chi connectivity index (χ1v) is 7.51. The molecule has 0 bridgehead atoms. The van der Waals surface area contributed by atoms with Crippen LogP contribution in [-0.2, 0) is 9.59 Å². The Hall–Kier alpha value is -1.46. The summed E-state index contributed by atoms with van der Waals surface area (Å²) in [4.78, 5) is 22.0. The van der Waals surface area contributed by atoms with Crippen molar-refractivity contribution < 1.29 is 19.8 Å². The number of carboxylic acids is 1. The molecule has 0 radical (unpaired) electrons. The van der Waals surface area contributed by atoms with Gasteiger partial charge < -0.3 is 15.9 Å². The van der Waals surface area contributed by atoms with Gasteiger partial charge in [0.15, 0.2) is 5.78 Å². The summed E-state index contributed by atoms with van der Waals surface area (Å²) < 4.78 is 0. The van der Waals surface area contributed by atoms with Crippen LogP contribution in [-0.4, -0.2) is 34.1 Å². The van der Waals surface area contributed by atoms with Gasteiger partial charge in [-0.1, -0.05) is 50.8 Å². The molecule has 0 amide bonds. The molecule has 2 atom stereocenters. The lowest BCUT2D eigenvalue weighted by Gasteiger charge is -2.12. The standard InChI is InChI=1S/C16H27NO4/c1-2-3-4-5-6-7-8-9-10-11-13(18)12-14(19)15(17)16(20)21/h8-11,14-15,19H,2-7,12,17H2,1H3,(H,20,21)/b9-8+,11-10+. The van der Waals surface area contributed by atoms with Crippen LogP contribution < -0.4 is 5.73 Å². The second-order valence-electron chi connectivity index (χ2n) is 5.09. The Morgan fingerprint density at radius 2 is 1.81 bits per heavy atom. The second-order valence-corrected chi connectivity index (χ2v) is 5.09. The number of hydrogen-bond donors (Lipinski definition) is 3. The highest BCUT2D eigenvalue weighted by Crippen LogP contribution is 2.05. The number of unbranched alkanes of at least 4 members (excludes halogenated alkanes) is 5. The number of aliphatic hydroxyl groups is 1. The van der Waals surface area contributed by atoms with Crippen LogP contribution >= 0.6 is 0 Å². The maximum absolute atomic E-state index is 11.5. The summed E-state index contributed by atoms with van der Waals surface area (Å²) in [6.07, 6.45) is 12.2. The van der Waals surface area contributed by atoms with Crippen molar-refractivity contribution in [2.24, 2.45) is 5.73 Å². The number of ketones is 1. The lowest BCUT2D eigenvalue weighted by molar-refractivity contribution is -0.141. The fraction of sp³-hybridized carbons (Fsp3) is 0.625. The average Bonchev–Trinajstić information content (AvgIpc) is 2.44. The monoisotopic (exact) mass is 297 g/mol. The summed E-state index contributed by atoms with van der Waals surface area (Å²) in [6, 6.07) is -1.43. The van der Waals surface area contributed by atoms with Gasteiger partial charge in [0.1, 0.15) is 6.04 Å². The molecule has 0 fully saturated rings. The van der Waals surface area contributed by atoms with E-state index in [1.54, 1.807) is 12.2 Å². The minimum Gasteiger partial charge on any atom is -0.480 e. The first-order valence-electron chi connectivity index (χ1n) is 7.51. The van der Waals surface area contributed by atoms with Gasteiger partial charge in [-0.3, -0.25) is 9.59 Å². The largest absolute Gasteiger partial charge is 0.480 e. The van der Waals surface area contributed by atoms with E-state index in [4.69, 9.17) is 10.8 Å². The predicted molar refractivity (Wildman–Crippen MR) is 82.9 cm³/mol. The van der Waals surface area contributed by atoms with Crippen LogP contribution in [0, 0.1) is 0 Å². The summed E-state index contributed by atoms with van der Waals surface area (Å²) in [7, 11) is 0. The molecular weight excluding hydrogens is 270 g/mol. The minimum absolute atomic E-state index is 0.283. The first kappa shape index (κ1) is 19.5. The van der Waals surface area contributed by atoms with Gasteiger partial charge in [-0.2, -0.15) is 0 Å². The van der Waals surface area contributed by atoms with Gasteiger partial charge in [-0.15, -0.1) is 0 Å². The van der Waals surface area contributed by atoms with Crippen molar-refractivity contribution in [2.75, 3.05) is 0 Å². The van der Waals surface area contributed by atoms with E-state index in [1.807, 2.05) is 6.08 Å². The van der Waals surface area contributed by atoms with E-state index in [0.717, 1.165) is 12.8 Å². The van der Waals surface area contributed by atoms with Crippen LogP contribution in [0.2, 0.25) is 0 Å². The lowest BCUT2D eigenvalue weighted by atomic mass is 10.1. The zero-order valence-electron chi connectivity index (χ0n) is 12.7. The molecule has 2 unspecified atom stereocenters. The molecule has 0 aromatic rings. The maximum Gasteiger partial charge on any atom is 0.323 e. The molecule has 0 rings (SSSR count). The third-order valence-corrected chi connectivity index (χ3v) is 3.11. The lowest BCUT2D eigenvalue weighted by Crippen LogP contribution is -2.42. The van der Waals surface area contributed by atoms with Crippen molar-refractivity contribution in [3.8, 4) is 0 Å². The number of carbonyl (C=O) groups is 2. The van der Waals surface area contributed by atoms with E-state index >= 15 is 0 Å². The molecule has 0 aromatic carbocycles. The molecule has 5 heteroatoms.